The SMILES string of the molecule is C=C(CC)c1ccc(CN(c2ccccc2)S(=O)N2CCB(C#N)CC2)c(F)c1. The lowest BCUT2D eigenvalue weighted by Crippen LogP contribution is -2.44. The number of hydrogen-bond donors (Lipinski definition) is 0. The fraction of sp³-hybridized carbons (Fsp3) is 0.318. The second-order valence-corrected chi connectivity index (χ2v) is 8.62. The Labute approximate surface area is 175 Å². The Balaban J connectivity index is 1.85. The van der Waals surface area contributed by atoms with Gasteiger partial charge in [-0.05, 0) is 48.4 Å². The van der Waals surface area contributed by atoms with Crippen molar-refractivity contribution in [3.8, 4) is 5.97 Å². The summed E-state index contributed by atoms with van der Waals surface area (Å²) in [6, 6.07) is 14.5. The predicted molar refractivity (Wildman–Crippen MR) is 119 cm³/mol. The highest BCUT2D eigenvalue weighted by Crippen LogP contribution is 2.25. The van der Waals surface area contributed by atoms with E-state index in [0.29, 0.717) is 31.3 Å². The molecule has 0 amide bonds. The molecule has 3 rings (SSSR count). The van der Waals surface area contributed by atoms with Gasteiger partial charge >= 0.3 is 0 Å². The van der Waals surface area contributed by atoms with E-state index in [9.17, 15) is 8.60 Å². The van der Waals surface area contributed by atoms with Gasteiger partial charge in [0, 0.05) is 24.6 Å². The van der Waals surface area contributed by atoms with E-state index in [1.807, 2.05) is 47.6 Å². The highest BCUT2D eigenvalue weighted by molar-refractivity contribution is 7.84. The highest BCUT2D eigenvalue weighted by Gasteiger charge is 2.29. The molecule has 1 atom stereocenters. The molecule has 1 aliphatic heterocycles. The van der Waals surface area contributed by atoms with Crippen molar-refractivity contribution in [1.29, 1.82) is 5.26 Å². The van der Waals surface area contributed by atoms with Crippen LogP contribution in [0.1, 0.15) is 24.5 Å². The topological polar surface area (TPSA) is 47.3 Å². The Bertz CT molecular complexity index is 923. The third-order valence-corrected chi connectivity index (χ3v) is 6.82. The second kappa shape index (κ2) is 9.86. The zero-order chi connectivity index (χ0) is 20.8. The van der Waals surface area contributed by atoms with Crippen molar-refractivity contribution in [3.63, 3.8) is 0 Å². The molecule has 1 saturated heterocycles. The zero-order valence-electron chi connectivity index (χ0n) is 16.7. The van der Waals surface area contributed by atoms with Crippen molar-refractivity contribution in [1.82, 2.24) is 4.31 Å². The molecule has 0 saturated carbocycles. The lowest BCUT2D eigenvalue weighted by Gasteiger charge is -2.33. The van der Waals surface area contributed by atoms with Gasteiger partial charge in [-0.3, -0.25) is 4.31 Å². The van der Waals surface area contributed by atoms with Gasteiger partial charge in [0.1, 0.15) is 5.82 Å². The maximum Gasteiger partial charge on any atom is 0.270 e. The first-order chi connectivity index (χ1) is 14.0. The lowest BCUT2D eigenvalue weighted by molar-refractivity contribution is 0.469. The van der Waals surface area contributed by atoms with Crippen molar-refractivity contribution >= 4 is 29.1 Å². The summed E-state index contributed by atoms with van der Waals surface area (Å²) in [7, 11) is 0. The van der Waals surface area contributed by atoms with E-state index >= 15 is 0 Å². The smallest absolute Gasteiger partial charge is 0.270 e. The van der Waals surface area contributed by atoms with Gasteiger partial charge in [0.2, 0.25) is 0 Å². The average molecular weight is 409 g/mol. The van der Waals surface area contributed by atoms with Crippen LogP contribution in [0.5, 0.6) is 0 Å². The average Bonchev–Trinajstić information content (AvgIpc) is 2.78. The number of hydrogen-bond acceptors (Lipinski definition) is 2. The van der Waals surface area contributed by atoms with Gasteiger partial charge in [0.25, 0.3) is 6.71 Å². The van der Waals surface area contributed by atoms with E-state index in [1.54, 1.807) is 10.4 Å². The Morgan fingerprint density at radius 1 is 1.28 bits per heavy atom. The molecule has 0 spiro atoms. The Morgan fingerprint density at radius 3 is 2.55 bits per heavy atom. The van der Waals surface area contributed by atoms with Crippen LogP contribution in [0.25, 0.3) is 5.57 Å². The first-order valence-electron chi connectivity index (χ1n) is 9.89. The highest BCUT2D eigenvalue weighted by atomic mass is 32.2. The van der Waals surface area contributed by atoms with Gasteiger partial charge in [-0.25, -0.2) is 18.2 Å². The Kier molecular flexibility index (Phi) is 7.24. The molecule has 0 aromatic heterocycles. The van der Waals surface area contributed by atoms with Crippen LogP contribution in [-0.4, -0.2) is 28.3 Å². The normalized spacial score (nSPS) is 15.6. The fourth-order valence-corrected chi connectivity index (χ4v) is 4.72. The van der Waals surface area contributed by atoms with Crippen LogP contribution >= 0.6 is 0 Å². The zero-order valence-corrected chi connectivity index (χ0v) is 17.5. The van der Waals surface area contributed by atoms with Gasteiger partial charge in [-0.2, -0.15) is 0 Å². The quantitative estimate of drug-likeness (QED) is 0.622. The maximum atomic E-state index is 14.8. The summed E-state index contributed by atoms with van der Waals surface area (Å²) in [4.78, 5) is 0. The van der Waals surface area contributed by atoms with Gasteiger partial charge in [0.15, 0.2) is 11.2 Å². The van der Waals surface area contributed by atoms with Crippen LogP contribution in [-0.2, 0) is 17.7 Å². The number of nitriles is 1. The predicted octanol–water partition coefficient (Wildman–Crippen LogP) is 4.71. The number of anilines is 1. The molecule has 0 N–H and O–H groups in total. The summed E-state index contributed by atoms with van der Waals surface area (Å²) in [6.45, 7) is 7.35. The van der Waals surface area contributed by atoms with Crippen LogP contribution in [0.3, 0.4) is 0 Å². The lowest BCUT2D eigenvalue weighted by atomic mass is 9.45. The summed E-state index contributed by atoms with van der Waals surface area (Å²) < 4.78 is 31.8. The molecular formula is C22H25BFN3OS. The summed E-state index contributed by atoms with van der Waals surface area (Å²) >= 11 is -1.46. The van der Waals surface area contributed by atoms with Crippen molar-refractivity contribution in [2.45, 2.75) is 32.5 Å². The van der Waals surface area contributed by atoms with Gasteiger partial charge in [-0.1, -0.05) is 43.8 Å². The number of para-hydroxylation sites is 1. The minimum Gasteiger partial charge on any atom is -0.274 e. The summed E-state index contributed by atoms with van der Waals surface area (Å²) in [6.07, 6.45) is 2.16. The van der Waals surface area contributed by atoms with Crippen LogP contribution in [0.4, 0.5) is 10.1 Å². The van der Waals surface area contributed by atoms with Crippen LogP contribution in [0.15, 0.2) is 55.1 Å². The molecule has 1 fully saturated rings. The molecule has 150 valence electrons. The number of allylic oxidation sites excluding steroid dienone is 1. The summed E-state index contributed by atoms with van der Waals surface area (Å²) in [5, 5.41) is 9.11. The number of rotatable bonds is 7. The number of nitrogens with zero attached hydrogens (tertiary/aromatic N) is 3. The van der Waals surface area contributed by atoms with Gasteiger partial charge in [0.05, 0.1) is 12.2 Å². The van der Waals surface area contributed by atoms with E-state index in [2.05, 4.69) is 12.5 Å². The van der Waals surface area contributed by atoms with Gasteiger partial charge in [-0.15, -0.1) is 0 Å². The molecule has 1 aliphatic rings. The molecular weight excluding hydrogens is 384 g/mol. The Hall–Kier alpha value is -2.43. The molecule has 2 aromatic carbocycles. The Morgan fingerprint density at radius 2 is 1.97 bits per heavy atom. The summed E-state index contributed by atoms with van der Waals surface area (Å²) in [5.41, 5.74) is 2.94. The number of benzene rings is 2. The number of halogens is 1. The molecule has 1 heterocycles. The van der Waals surface area contributed by atoms with Crippen molar-refractivity contribution < 1.29 is 8.60 Å². The van der Waals surface area contributed by atoms with E-state index < -0.39 is 11.2 Å². The molecule has 7 heteroatoms. The van der Waals surface area contributed by atoms with Crippen molar-refractivity contribution in [2.24, 2.45) is 0 Å². The van der Waals surface area contributed by atoms with Crippen molar-refractivity contribution in [2.75, 3.05) is 17.4 Å². The van der Waals surface area contributed by atoms with Crippen LogP contribution in [0.2, 0.25) is 12.6 Å². The third kappa shape index (κ3) is 5.14. The molecule has 2 aromatic rings. The first-order valence-corrected chi connectivity index (χ1v) is 11.0. The van der Waals surface area contributed by atoms with E-state index in [1.165, 1.54) is 6.07 Å². The molecule has 1 unspecified atom stereocenters. The fourth-order valence-electron chi connectivity index (χ4n) is 3.37. The second-order valence-electron chi connectivity index (χ2n) is 7.20. The van der Waals surface area contributed by atoms with Gasteiger partial charge < -0.3 is 0 Å². The molecule has 0 bridgehead atoms. The van der Waals surface area contributed by atoms with E-state index in [0.717, 1.165) is 23.2 Å². The molecule has 4 nitrogen and oxygen atoms in total. The standard InChI is InChI=1S/C22H25BFN3OS/c1-3-18(2)19-9-10-20(22(24)15-19)16-27(21-7-5-4-6-8-21)29(28)26-13-11-23(17-25)12-14-26/h4-10,15H,2-3,11-14,16H2,1H3. The third-order valence-electron chi connectivity index (χ3n) is 5.29. The van der Waals surface area contributed by atoms with E-state index in [4.69, 9.17) is 5.26 Å². The maximum absolute atomic E-state index is 14.8. The molecule has 0 radical (unpaired) electrons. The van der Waals surface area contributed by atoms with E-state index in [-0.39, 0.29) is 19.1 Å². The van der Waals surface area contributed by atoms with Crippen molar-refractivity contribution in [3.05, 3.63) is 72.1 Å². The summed E-state index contributed by atoms with van der Waals surface area (Å²) in [5.74, 6) is 1.97. The minimum atomic E-state index is -1.46. The van der Waals surface area contributed by atoms with Crippen LogP contribution < -0.4 is 4.31 Å². The largest absolute Gasteiger partial charge is 0.274 e. The monoisotopic (exact) mass is 409 g/mol. The minimum absolute atomic E-state index is 0.0186. The van der Waals surface area contributed by atoms with Crippen LogP contribution in [0, 0.1) is 17.0 Å². The molecule has 0 aliphatic carbocycles. The molecule has 29 heavy (non-hydrogen) atoms. The first kappa shape index (κ1) is 21.3.